The number of fused-ring (bicyclic) bond motifs is 1. The summed E-state index contributed by atoms with van der Waals surface area (Å²) in [5.74, 6) is 0. The Hall–Kier alpha value is -1.58. The number of sulfonamides is 1. The number of hydrogen-bond donors (Lipinski definition) is 1. The van der Waals surface area contributed by atoms with Crippen molar-refractivity contribution in [2.24, 2.45) is 0 Å². The topological polar surface area (TPSA) is 75.7 Å². The van der Waals surface area contributed by atoms with E-state index in [-0.39, 0.29) is 10.3 Å². The van der Waals surface area contributed by atoms with Crippen LogP contribution in [0.3, 0.4) is 0 Å². The largest absolute Gasteiger partial charge is 0.444 e. The van der Waals surface area contributed by atoms with E-state index < -0.39 is 15.6 Å². The highest BCUT2D eigenvalue weighted by Crippen LogP contribution is 2.28. The summed E-state index contributed by atoms with van der Waals surface area (Å²) in [4.78, 5) is 14.0. The molecule has 6 nitrogen and oxygen atoms in total. The molecule has 0 aliphatic carbocycles. The van der Waals surface area contributed by atoms with E-state index in [1.165, 1.54) is 0 Å². The summed E-state index contributed by atoms with van der Waals surface area (Å²) in [5, 5.41) is 0. The first-order valence-corrected chi connectivity index (χ1v) is 12.0. The van der Waals surface area contributed by atoms with Gasteiger partial charge in [0, 0.05) is 18.8 Å². The van der Waals surface area contributed by atoms with E-state index in [2.05, 4.69) is 20.7 Å². The zero-order chi connectivity index (χ0) is 20.5. The van der Waals surface area contributed by atoms with E-state index in [0.717, 1.165) is 26.3 Å². The van der Waals surface area contributed by atoms with Gasteiger partial charge in [-0.2, -0.15) is 0 Å². The number of benzene rings is 1. The van der Waals surface area contributed by atoms with Crippen molar-refractivity contribution in [1.82, 2.24) is 4.90 Å². The Kier molecular flexibility index (Phi) is 6.07. The zero-order valence-electron chi connectivity index (χ0n) is 16.0. The molecule has 152 valence electrons. The predicted octanol–water partition coefficient (Wildman–Crippen LogP) is 4.65. The van der Waals surface area contributed by atoms with E-state index in [4.69, 9.17) is 4.74 Å². The van der Waals surface area contributed by atoms with E-state index in [0.29, 0.717) is 31.6 Å². The first-order valence-electron chi connectivity index (χ1n) is 8.91. The minimum atomic E-state index is -3.62. The highest BCUT2D eigenvalue weighted by atomic mass is 79.9. The number of rotatable bonds is 3. The van der Waals surface area contributed by atoms with Gasteiger partial charge in [-0.25, -0.2) is 13.2 Å². The van der Waals surface area contributed by atoms with Crippen LogP contribution in [0.2, 0.25) is 0 Å². The molecule has 9 heteroatoms. The van der Waals surface area contributed by atoms with E-state index >= 15 is 0 Å². The molecule has 1 aromatic carbocycles. The van der Waals surface area contributed by atoms with Crippen LogP contribution in [0.4, 0.5) is 10.5 Å². The van der Waals surface area contributed by atoms with Gasteiger partial charge in [0.25, 0.3) is 10.0 Å². The summed E-state index contributed by atoms with van der Waals surface area (Å²) in [5.41, 5.74) is 2.15. The van der Waals surface area contributed by atoms with Crippen molar-refractivity contribution in [2.45, 2.75) is 43.4 Å². The Morgan fingerprint density at radius 2 is 1.82 bits per heavy atom. The van der Waals surface area contributed by atoms with Gasteiger partial charge in [-0.1, -0.05) is 6.07 Å². The van der Waals surface area contributed by atoms with Crippen molar-refractivity contribution in [3.63, 3.8) is 0 Å². The highest BCUT2D eigenvalue weighted by Gasteiger charge is 2.24. The lowest BCUT2D eigenvalue weighted by Crippen LogP contribution is -2.38. The van der Waals surface area contributed by atoms with Gasteiger partial charge in [-0.05, 0) is 84.9 Å². The van der Waals surface area contributed by atoms with Crippen LogP contribution in [0.15, 0.2) is 38.3 Å². The third-order valence-corrected chi connectivity index (χ3v) is 7.72. The van der Waals surface area contributed by atoms with Crippen LogP contribution in [0, 0.1) is 0 Å². The lowest BCUT2D eigenvalue weighted by atomic mass is 10.0. The fourth-order valence-electron chi connectivity index (χ4n) is 2.95. The zero-order valence-corrected chi connectivity index (χ0v) is 19.2. The second kappa shape index (κ2) is 8.04. The van der Waals surface area contributed by atoms with Crippen LogP contribution in [0.1, 0.15) is 31.9 Å². The second-order valence-corrected chi connectivity index (χ2v) is 12.0. The molecule has 1 N–H and O–H groups in total. The molecule has 2 heterocycles. The van der Waals surface area contributed by atoms with Crippen molar-refractivity contribution in [2.75, 3.05) is 17.8 Å². The molecule has 0 saturated carbocycles. The van der Waals surface area contributed by atoms with Crippen LogP contribution in [0.25, 0.3) is 0 Å². The molecular formula is C19H23BrN2O4S2. The summed E-state index contributed by atoms with van der Waals surface area (Å²) >= 11 is 4.45. The van der Waals surface area contributed by atoms with Crippen LogP contribution >= 0.6 is 27.3 Å². The van der Waals surface area contributed by atoms with Crippen molar-refractivity contribution in [1.29, 1.82) is 0 Å². The number of amides is 1. The lowest BCUT2D eigenvalue weighted by molar-refractivity contribution is 0.0258. The molecule has 0 unspecified atom stereocenters. The summed E-state index contributed by atoms with van der Waals surface area (Å²) in [7, 11) is -3.62. The standard InChI is InChI=1S/C19H23BrN2O4S2/c1-19(2,3)26-18(23)22-10-8-13-4-5-15(12-14(13)9-11-22)21-28(24,25)17-7-6-16(20)27-17/h4-7,12,21H,8-11H2,1-3H3. The van der Waals surface area contributed by atoms with Crippen molar-refractivity contribution in [3.05, 3.63) is 45.2 Å². The molecule has 1 aliphatic rings. The normalized spacial score (nSPS) is 14.9. The summed E-state index contributed by atoms with van der Waals surface area (Å²) in [6, 6.07) is 8.83. The average Bonchev–Trinajstić information content (AvgIpc) is 2.90. The van der Waals surface area contributed by atoms with Crippen LogP contribution in [-0.4, -0.2) is 38.1 Å². The fourth-order valence-corrected chi connectivity index (χ4v) is 6.00. The van der Waals surface area contributed by atoms with E-state index in [1.807, 2.05) is 32.9 Å². The number of carbonyl (C=O) groups is 1. The first kappa shape index (κ1) is 21.1. The van der Waals surface area contributed by atoms with Crippen molar-refractivity contribution >= 4 is 49.1 Å². The van der Waals surface area contributed by atoms with Gasteiger partial charge < -0.3 is 9.64 Å². The summed E-state index contributed by atoms with van der Waals surface area (Å²) in [6.45, 7) is 6.66. The van der Waals surface area contributed by atoms with Gasteiger partial charge in [0.2, 0.25) is 0 Å². The molecule has 1 amide bonds. The minimum Gasteiger partial charge on any atom is -0.444 e. The quantitative estimate of drug-likeness (QED) is 0.684. The molecule has 0 spiro atoms. The number of anilines is 1. The van der Waals surface area contributed by atoms with Gasteiger partial charge >= 0.3 is 6.09 Å². The molecule has 2 aromatic rings. The number of nitrogens with zero attached hydrogens (tertiary/aromatic N) is 1. The molecule has 0 atom stereocenters. The predicted molar refractivity (Wildman–Crippen MR) is 114 cm³/mol. The number of carbonyl (C=O) groups excluding carboxylic acids is 1. The average molecular weight is 487 g/mol. The number of hydrogen-bond acceptors (Lipinski definition) is 5. The van der Waals surface area contributed by atoms with Gasteiger partial charge in [0.15, 0.2) is 0 Å². The van der Waals surface area contributed by atoms with Crippen molar-refractivity contribution in [3.8, 4) is 0 Å². The Bertz CT molecular complexity index is 980. The smallest absolute Gasteiger partial charge is 0.410 e. The Morgan fingerprint density at radius 3 is 2.43 bits per heavy atom. The molecular weight excluding hydrogens is 464 g/mol. The summed E-state index contributed by atoms with van der Waals surface area (Å²) < 4.78 is 34.2. The highest BCUT2D eigenvalue weighted by molar-refractivity contribution is 9.11. The van der Waals surface area contributed by atoms with E-state index in [1.54, 1.807) is 23.1 Å². The lowest BCUT2D eigenvalue weighted by Gasteiger charge is -2.26. The molecule has 3 rings (SSSR count). The molecule has 1 aromatic heterocycles. The second-order valence-electron chi connectivity index (χ2n) is 7.61. The monoisotopic (exact) mass is 486 g/mol. The number of ether oxygens (including phenoxy) is 1. The van der Waals surface area contributed by atoms with Crippen molar-refractivity contribution < 1.29 is 17.9 Å². The summed E-state index contributed by atoms with van der Waals surface area (Å²) in [6.07, 6.45) is 1.04. The van der Waals surface area contributed by atoms with Crippen LogP contribution in [0.5, 0.6) is 0 Å². The molecule has 0 saturated heterocycles. The third-order valence-electron chi connectivity index (χ3n) is 4.23. The molecule has 28 heavy (non-hydrogen) atoms. The maximum absolute atomic E-state index is 12.5. The van der Waals surface area contributed by atoms with Crippen LogP contribution < -0.4 is 4.72 Å². The molecule has 0 bridgehead atoms. The van der Waals surface area contributed by atoms with Gasteiger partial charge in [0.05, 0.1) is 3.79 Å². The van der Waals surface area contributed by atoms with Crippen LogP contribution in [-0.2, 0) is 27.6 Å². The molecule has 0 fully saturated rings. The third kappa shape index (κ3) is 5.27. The number of nitrogens with one attached hydrogen (secondary N) is 1. The number of thiophene rings is 1. The van der Waals surface area contributed by atoms with Gasteiger partial charge in [-0.15, -0.1) is 11.3 Å². The Morgan fingerprint density at radius 1 is 1.14 bits per heavy atom. The fraction of sp³-hybridized carbons (Fsp3) is 0.421. The first-order chi connectivity index (χ1) is 13.0. The van der Waals surface area contributed by atoms with Gasteiger partial charge in [-0.3, -0.25) is 4.72 Å². The molecule has 1 aliphatic heterocycles. The minimum absolute atomic E-state index is 0.255. The Balaban J connectivity index is 1.72. The van der Waals surface area contributed by atoms with E-state index in [9.17, 15) is 13.2 Å². The number of halogens is 1. The Labute approximate surface area is 178 Å². The maximum atomic E-state index is 12.5. The molecule has 0 radical (unpaired) electrons. The van der Waals surface area contributed by atoms with Gasteiger partial charge in [0.1, 0.15) is 9.81 Å². The SMILES string of the molecule is CC(C)(C)OC(=O)N1CCc2ccc(NS(=O)(=O)c3ccc(Br)s3)cc2CC1. The maximum Gasteiger partial charge on any atom is 0.410 e.